The third kappa shape index (κ3) is 6.63. The second-order valence-corrected chi connectivity index (χ2v) is 13.7. The fourth-order valence-corrected chi connectivity index (χ4v) is 6.90. The fraction of sp³-hybridized carbons (Fsp3) is 0.321. The number of carboxylic acid groups (broad SMARTS) is 1. The summed E-state index contributed by atoms with van der Waals surface area (Å²) in [4.78, 5) is 41.0. The van der Waals surface area contributed by atoms with Crippen LogP contribution in [0.15, 0.2) is 63.0 Å². The number of fused-ring (bicyclic) bond motifs is 1. The number of carbonyl (C=O) groups is 1. The highest BCUT2D eigenvalue weighted by Gasteiger charge is 2.26. The van der Waals surface area contributed by atoms with E-state index in [9.17, 15) is 27.9 Å². The summed E-state index contributed by atoms with van der Waals surface area (Å²) in [5, 5.41) is 8.90. The summed E-state index contributed by atoms with van der Waals surface area (Å²) in [5.41, 5.74) is 0.253. The Kier molecular flexibility index (Phi) is 9.94. The predicted molar refractivity (Wildman–Crippen MR) is 164 cm³/mol. The van der Waals surface area contributed by atoms with E-state index in [0.29, 0.717) is 31.2 Å². The van der Waals surface area contributed by atoms with Crippen molar-refractivity contribution in [2.45, 2.75) is 43.6 Å². The van der Waals surface area contributed by atoms with E-state index in [1.807, 2.05) is 30.5 Å². The van der Waals surface area contributed by atoms with Gasteiger partial charge in [-0.05, 0) is 61.6 Å². The van der Waals surface area contributed by atoms with Crippen LogP contribution in [-0.4, -0.2) is 54.0 Å². The van der Waals surface area contributed by atoms with Crippen molar-refractivity contribution in [1.29, 1.82) is 0 Å². The Balaban J connectivity index is 2.02. The molecule has 14 heteroatoms. The zero-order chi connectivity index (χ0) is 30.6. The van der Waals surface area contributed by atoms with Gasteiger partial charge >= 0.3 is 11.7 Å². The van der Waals surface area contributed by atoms with E-state index in [4.69, 9.17) is 9.47 Å². The summed E-state index contributed by atoms with van der Waals surface area (Å²) in [6, 6.07) is 14.4. The maximum Gasteiger partial charge on any atom is 0.332 e. The number of sulfonamides is 1. The number of methoxy groups -OCH3 is 1. The minimum atomic E-state index is -3.73. The standard InChI is InChI=1S/C28H31N3O8S3/c1-17(2)42(36,37)29-13-21-24-26(34)30(15-23(32)33)28(35)31(14-19-7-5-6-8-22(19)40-4)27(24)41-25(21)18-9-11-20(12-10-18)39-16-38-3/h5-12,17,29H,13-16H2,1-4H3,(H,32,33). The van der Waals surface area contributed by atoms with Crippen LogP contribution in [0.1, 0.15) is 25.0 Å². The minimum absolute atomic E-state index is 0.0530. The van der Waals surface area contributed by atoms with E-state index in [0.717, 1.165) is 10.5 Å². The molecule has 0 saturated carbocycles. The van der Waals surface area contributed by atoms with Crippen LogP contribution in [-0.2, 0) is 39.2 Å². The van der Waals surface area contributed by atoms with Crippen LogP contribution in [0.3, 0.4) is 0 Å². The van der Waals surface area contributed by atoms with Crippen molar-refractivity contribution in [3.63, 3.8) is 0 Å². The normalized spacial score (nSPS) is 11.8. The lowest BCUT2D eigenvalue weighted by molar-refractivity contribution is -0.137. The molecule has 2 aromatic heterocycles. The number of aromatic nitrogens is 2. The Morgan fingerprint density at radius 2 is 1.79 bits per heavy atom. The zero-order valence-electron chi connectivity index (χ0n) is 23.4. The van der Waals surface area contributed by atoms with Gasteiger partial charge in [0.2, 0.25) is 10.0 Å². The highest BCUT2D eigenvalue weighted by Crippen LogP contribution is 2.38. The van der Waals surface area contributed by atoms with Crippen LogP contribution >= 0.6 is 23.1 Å². The number of carboxylic acids is 1. The van der Waals surface area contributed by atoms with Crippen LogP contribution in [0.25, 0.3) is 20.7 Å². The van der Waals surface area contributed by atoms with E-state index in [2.05, 4.69) is 4.72 Å². The molecule has 0 spiro atoms. The second kappa shape index (κ2) is 13.3. The highest BCUT2D eigenvalue weighted by atomic mass is 32.2. The highest BCUT2D eigenvalue weighted by molar-refractivity contribution is 7.98. The first kappa shape index (κ1) is 31.5. The molecule has 4 rings (SSSR count). The van der Waals surface area contributed by atoms with Gasteiger partial charge in [0.25, 0.3) is 5.56 Å². The molecule has 0 amide bonds. The predicted octanol–water partition coefficient (Wildman–Crippen LogP) is 3.56. The van der Waals surface area contributed by atoms with E-state index in [1.165, 1.54) is 48.6 Å². The van der Waals surface area contributed by atoms with Crippen LogP contribution in [0.5, 0.6) is 5.75 Å². The lowest BCUT2D eigenvalue weighted by atomic mass is 10.1. The van der Waals surface area contributed by atoms with Gasteiger partial charge in [0.05, 0.1) is 17.2 Å². The van der Waals surface area contributed by atoms with Gasteiger partial charge in [-0.1, -0.05) is 18.2 Å². The summed E-state index contributed by atoms with van der Waals surface area (Å²) in [6.07, 6.45) is 1.91. The minimum Gasteiger partial charge on any atom is -0.480 e. The molecule has 2 heterocycles. The Labute approximate surface area is 250 Å². The Hall–Kier alpha value is -3.43. The number of thioether (sulfide) groups is 1. The number of aliphatic carboxylic acids is 1. The number of hydrogen-bond acceptors (Lipinski definition) is 9. The quantitative estimate of drug-likeness (QED) is 0.167. The molecule has 0 aliphatic heterocycles. The van der Waals surface area contributed by atoms with Gasteiger partial charge in [-0.15, -0.1) is 23.1 Å². The molecule has 0 radical (unpaired) electrons. The molecular formula is C28H31N3O8S3. The summed E-state index contributed by atoms with van der Waals surface area (Å²) >= 11 is 2.67. The first-order valence-electron chi connectivity index (χ1n) is 12.8. The molecule has 0 atom stereocenters. The third-order valence-electron chi connectivity index (χ3n) is 6.50. The molecule has 0 saturated heterocycles. The Bertz CT molecular complexity index is 1820. The summed E-state index contributed by atoms with van der Waals surface area (Å²) in [6.45, 7) is 2.12. The number of benzene rings is 2. The van der Waals surface area contributed by atoms with Crippen LogP contribution in [0.4, 0.5) is 0 Å². The molecule has 224 valence electrons. The van der Waals surface area contributed by atoms with E-state index >= 15 is 0 Å². The maximum atomic E-state index is 13.8. The van der Waals surface area contributed by atoms with Crippen molar-refractivity contribution < 1.29 is 27.8 Å². The molecular weight excluding hydrogens is 603 g/mol. The molecule has 0 aliphatic rings. The molecule has 2 aromatic carbocycles. The SMILES string of the molecule is COCOc1ccc(-c2sc3c(c2CNS(=O)(=O)C(C)C)c(=O)n(CC(=O)O)c(=O)n3Cc2ccccc2SC)cc1. The van der Waals surface area contributed by atoms with Gasteiger partial charge in [0, 0.05) is 29.0 Å². The molecule has 4 aromatic rings. The van der Waals surface area contributed by atoms with Crippen molar-refractivity contribution in [2.24, 2.45) is 0 Å². The number of rotatable bonds is 13. The molecule has 0 bridgehead atoms. The van der Waals surface area contributed by atoms with Crippen molar-refractivity contribution in [1.82, 2.24) is 13.9 Å². The van der Waals surface area contributed by atoms with Crippen molar-refractivity contribution in [3.8, 4) is 16.2 Å². The van der Waals surface area contributed by atoms with Crippen molar-refractivity contribution in [2.75, 3.05) is 20.2 Å². The van der Waals surface area contributed by atoms with Crippen LogP contribution in [0.2, 0.25) is 0 Å². The van der Waals surface area contributed by atoms with Crippen molar-refractivity contribution >= 4 is 49.3 Å². The number of hydrogen-bond donors (Lipinski definition) is 2. The van der Waals surface area contributed by atoms with E-state index < -0.39 is 39.0 Å². The van der Waals surface area contributed by atoms with Crippen LogP contribution < -0.4 is 20.7 Å². The lowest BCUT2D eigenvalue weighted by Crippen LogP contribution is -2.42. The van der Waals surface area contributed by atoms with Crippen LogP contribution in [0, 0.1) is 0 Å². The molecule has 42 heavy (non-hydrogen) atoms. The molecule has 2 N–H and O–H groups in total. The monoisotopic (exact) mass is 633 g/mol. The van der Waals surface area contributed by atoms with E-state index in [-0.39, 0.29) is 25.3 Å². The lowest BCUT2D eigenvalue weighted by Gasteiger charge is -2.14. The first-order chi connectivity index (χ1) is 20.0. The van der Waals surface area contributed by atoms with Crippen molar-refractivity contribution in [3.05, 3.63) is 80.5 Å². The smallest absolute Gasteiger partial charge is 0.332 e. The molecule has 0 unspecified atom stereocenters. The van der Waals surface area contributed by atoms with Gasteiger partial charge in [0.15, 0.2) is 6.79 Å². The van der Waals surface area contributed by atoms with Gasteiger partial charge < -0.3 is 14.6 Å². The van der Waals surface area contributed by atoms with Gasteiger partial charge in [0.1, 0.15) is 17.1 Å². The Morgan fingerprint density at radius 1 is 1.10 bits per heavy atom. The number of ether oxygens (including phenoxy) is 2. The first-order valence-corrected chi connectivity index (χ1v) is 16.4. The Morgan fingerprint density at radius 3 is 2.40 bits per heavy atom. The maximum absolute atomic E-state index is 13.8. The topological polar surface area (TPSA) is 146 Å². The number of nitrogens with zero attached hydrogens (tertiary/aromatic N) is 2. The van der Waals surface area contributed by atoms with Gasteiger partial charge in [-0.2, -0.15) is 0 Å². The zero-order valence-corrected chi connectivity index (χ0v) is 25.9. The third-order valence-corrected chi connectivity index (χ3v) is 10.4. The number of thiophene rings is 1. The molecule has 0 fully saturated rings. The average Bonchev–Trinajstić information content (AvgIpc) is 3.35. The molecule has 0 aliphatic carbocycles. The largest absolute Gasteiger partial charge is 0.480 e. The van der Waals surface area contributed by atoms with Gasteiger partial charge in [-0.3, -0.25) is 14.2 Å². The summed E-state index contributed by atoms with van der Waals surface area (Å²) in [5.74, 6) is -0.813. The van der Waals surface area contributed by atoms with Gasteiger partial charge in [-0.25, -0.2) is 22.5 Å². The average molecular weight is 634 g/mol. The summed E-state index contributed by atoms with van der Waals surface area (Å²) in [7, 11) is -2.23. The molecule has 11 nitrogen and oxygen atoms in total. The number of nitrogens with one attached hydrogen (secondary N) is 1. The fourth-order valence-electron chi connectivity index (χ4n) is 4.31. The van der Waals surface area contributed by atoms with E-state index in [1.54, 1.807) is 24.3 Å². The summed E-state index contributed by atoms with van der Waals surface area (Å²) < 4.78 is 40.5. The second-order valence-electron chi connectivity index (χ2n) is 9.55.